The molecule has 1 heterocycles. The number of fused-ring (bicyclic) bond motifs is 1. The zero-order chi connectivity index (χ0) is 13.8. The SMILES string of the molecule is CC(C)C(O)CNC(=O)C1CNc2ccccc2O1. The van der Waals surface area contributed by atoms with Crippen molar-refractivity contribution in [3.05, 3.63) is 24.3 Å². The van der Waals surface area contributed by atoms with E-state index in [9.17, 15) is 9.90 Å². The van der Waals surface area contributed by atoms with E-state index in [1.165, 1.54) is 0 Å². The molecule has 0 bridgehead atoms. The summed E-state index contributed by atoms with van der Waals surface area (Å²) in [5.74, 6) is 0.589. The second kappa shape index (κ2) is 5.93. The number of anilines is 1. The number of hydrogen-bond acceptors (Lipinski definition) is 4. The molecular weight excluding hydrogens is 244 g/mol. The normalized spacial score (nSPS) is 19.1. The fraction of sp³-hybridized carbons (Fsp3) is 0.500. The largest absolute Gasteiger partial charge is 0.477 e. The molecule has 5 nitrogen and oxygen atoms in total. The standard InChI is InChI=1S/C14H20N2O3/c1-9(2)11(17)7-16-14(18)13-8-15-10-5-3-4-6-12(10)19-13/h3-6,9,11,13,15,17H,7-8H2,1-2H3,(H,16,18). The number of nitrogens with one attached hydrogen (secondary N) is 2. The summed E-state index contributed by atoms with van der Waals surface area (Å²) in [5, 5.41) is 15.5. The van der Waals surface area contributed by atoms with Gasteiger partial charge in [0.15, 0.2) is 6.10 Å². The lowest BCUT2D eigenvalue weighted by Crippen LogP contribution is -2.47. The summed E-state index contributed by atoms with van der Waals surface area (Å²) in [6.07, 6.45) is -1.10. The molecule has 1 aliphatic heterocycles. The van der Waals surface area contributed by atoms with Gasteiger partial charge in [0.2, 0.25) is 0 Å². The van der Waals surface area contributed by atoms with E-state index in [-0.39, 0.29) is 18.4 Å². The van der Waals surface area contributed by atoms with Crippen LogP contribution in [0.5, 0.6) is 5.75 Å². The first-order valence-corrected chi connectivity index (χ1v) is 6.53. The van der Waals surface area contributed by atoms with Crippen LogP contribution in [0.3, 0.4) is 0 Å². The minimum Gasteiger partial charge on any atom is -0.477 e. The number of carbonyl (C=O) groups is 1. The highest BCUT2D eigenvalue weighted by atomic mass is 16.5. The Hall–Kier alpha value is -1.75. The molecule has 0 radical (unpaired) electrons. The highest BCUT2D eigenvalue weighted by molar-refractivity contribution is 5.83. The third-order valence-electron chi connectivity index (χ3n) is 3.18. The van der Waals surface area contributed by atoms with E-state index in [0.717, 1.165) is 5.69 Å². The highest BCUT2D eigenvalue weighted by Crippen LogP contribution is 2.28. The molecule has 0 aromatic heterocycles. The molecule has 3 N–H and O–H groups in total. The monoisotopic (exact) mass is 264 g/mol. The molecule has 0 fully saturated rings. The van der Waals surface area contributed by atoms with Gasteiger partial charge in [-0.25, -0.2) is 0 Å². The molecule has 0 saturated carbocycles. The Morgan fingerprint density at radius 3 is 3.00 bits per heavy atom. The van der Waals surface area contributed by atoms with Crippen LogP contribution in [0.15, 0.2) is 24.3 Å². The number of hydrogen-bond donors (Lipinski definition) is 3. The number of ether oxygens (including phenoxy) is 1. The highest BCUT2D eigenvalue weighted by Gasteiger charge is 2.25. The van der Waals surface area contributed by atoms with Gasteiger partial charge in [0.1, 0.15) is 5.75 Å². The van der Waals surface area contributed by atoms with E-state index in [1.54, 1.807) is 0 Å². The third-order valence-corrected chi connectivity index (χ3v) is 3.18. The first kappa shape index (κ1) is 13.7. The summed E-state index contributed by atoms with van der Waals surface area (Å²) >= 11 is 0. The maximum Gasteiger partial charge on any atom is 0.263 e. The molecular formula is C14H20N2O3. The van der Waals surface area contributed by atoms with Crippen LogP contribution in [0.4, 0.5) is 5.69 Å². The van der Waals surface area contributed by atoms with Crippen LogP contribution >= 0.6 is 0 Å². The first-order valence-electron chi connectivity index (χ1n) is 6.53. The number of aliphatic hydroxyl groups excluding tert-OH is 1. The average Bonchev–Trinajstić information content (AvgIpc) is 2.43. The van der Waals surface area contributed by atoms with Crippen molar-refractivity contribution in [2.75, 3.05) is 18.4 Å². The van der Waals surface area contributed by atoms with E-state index in [4.69, 9.17) is 4.74 Å². The molecule has 1 amide bonds. The Morgan fingerprint density at radius 2 is 2.26 bits per heavy atom. The predicted molar refractivity (Wildman–Crippen MR) is 73.2 cm³/mol. The summed E-state index contributed by atoms with van der Waals surface area (Å²) in [6.45, 7) is 4.50. The topological polar surface area (TPSA) is 70.6 Å². The van der Waals surface area contributed by atoms with Crippen LogP contribution < -0.4 is 15.4 Å². The van der Waals surface area contributed by atoms with Crippen LogP contribution in [0.25, 0.3) is 0 Å². The quantitative estimate of drug-likeness (QED) is 0.758. The van der Waals surface area contributed by atoms with Crippen LogP contribution in [0.1, 0.15) is 13.8 Å². The zero-order valence-corrected chi connectivity index (χ0v) is 11.2. The van der Waals surface area contributed by atoms with Crippen LogP contribution in [-0.4, -0.2) is 36.3 Å². The Labute approximate surface area is 113 Å². The van der Waals surface area contributed by atoms with Crippen molar-refractivity contribution < 1.29 is 14.6 Å². The number of carbonyl (C=O) groups excluding carboxylic acids is 1. The van der Waals surface area contributed by atoms with Crippen molar-refractivity contribution in [1.29, 1.82) is 0 Å². The van der Waals surface area contributed by atoms with Gasteiger partial charge in [-0.05, 0) is 18.1 Å². The molecule has 2 atom stereocenters. The zero-order valence-electron chi connectivity index (χ0n) is 11.2. The van der Waals surface area contributed by atoms with E-state index in [1.807, 2.05) is 38.1 Å². The molecule has 0 aliphatic carbocycles. The Morgan fingerprint density at radius 1 is 1.53 bits per heavy atom. The van der Waals surface area contributed by atoms with Crippen molar-refractivity contribution in [2.45, 2.75) is 26.1 Å². The number of para-hydroxylation sites is 2. The number of benzene rings is 1. The molecule has 0 saturated heterocycles. The van der Waals surface area contributed by atoms with Gasteiger partial charge in [-0.1, -0.05) is 26.0 Å². The molecule has 19 heavy (non-hydrogen) atoms. The summed E-state index contributed by atoms with van der Waals surface area (Å²) in [5.41, 5.74) is 0.897. The lowest BCUT2D eigenvalue weighted by molar-refractivity contribution is -0.128. The summed E-state index contributed by atoms with van der Waals surface area (Å²) in [7, 11) is 0. The lowest BCUT2D eigenvalue weighted by Gasteiger charge is -2.27. The fourth-order valence-corrected chi connectivity index (χ4v) is 1.81. The van der Waals surface area contributed by atoms with Crippen LogP contribution in [0.2, 0.25) is 0 Å². The summed E-state index contributed by atoms with van der Waals surface area (Å²) in [4.78, 5) is 11.9. The van der Waals surface area contributed by atoms with Crippen LogP contribution in [0, 0.1) is 5.92 Å². The Bertz CT molecular complexity index is 448. The molecule has 1 aromatic rings. The van der Waals surface area contributed by atoms with Gasteiger partial charge in [-0.2, -0.15) is 0 Å². The van der Waals surface area contributed by atoms with Crippen molar-refractivity contribution in [3.8, 4) is 5.75 Å². The second-order valence-electron chi connectivity index (χ2n) is 5.04. The second-order valence-corrected chi connectivity index (χ2v) is 5.04. The van der Waals surface area contributed by atoms with Gasteiger partial charge in [-0.15, -0.1) is 0 Å². The lowest BCUT2D eigenvalue weighted by atomic mass is 10.1. The molecule has 1 aliphatic rings. The maximum absolute atomic E-state index is 11.9. The van der Waals surface area contributed by atoms with Crippen molar-refractivity contribution in [3.63, 3.8) is 0 Å². The first-order chi connectivity index (χ1) is 9.08. The van der Waals surface area contributed by atoms with Crippen molar-refractivity contribution >= 4 is 11.6 Å². The van der Waals surface area contributed by atoms with Gasteiger partial charge in [-0.3, -0.25) is 4.79 Å². The van der Waals surface area contributed by atoms with Crippen LogP contribution in [-0.2, 0) is 4.79 Å². The van der Waals surface area contributed by atoms with Crippen molar-refractivity contribution in [1.82, 2.24) is 5.32 Å². The van der Waals surface area contributed by atoms with E-state index in [2.05, 4.69) is 10.6 Å². The Kier molecular flexibility index (Phi) is 4.27. The Balaban J connectivity index is 1.89. The fourth-order valence-electron chi connectivity index (χ4n) is 1.81. The molecule has 104 valence electrons. The molecule has 5 heteroatoms. The van der Waals surface area contributed by atoms with Gasteiger partial charge < -0.3 is 20.5 Å². The molecule has 2 unspecified atom stereocenters. The van der Waals surface area contributed by atoms with E-state index >= 15 is 0 Å². The predicted octanol–water partition coefficient (Wildman–Crippen LogP) is 0.993. The molecule has 1 aromatic carbocycles. The minimum absolute atomic E-state index is 0.117. The maximum atomic E-state index is 11.9. The van der Waals surface area contributed by atoms with E-state index < -0.39 is 12.2 Å². The number of aliphatic hydroxyl groups is 1. The van der Waals surface area contributed by atoms with Gasteiger partial charge in [0, 0.05) is 6.54 Å². The average molecular weight is 264 g/mol. The van der Waals surface area contributed by atoms with E-state index in [0.29, 0.717) is 12.3 Å². The summed E-state index contributed by atoms with van der Waals surface area (Å²) < 4.78 is 5.63. The number of amides is 1. The van der Waals surface area contributed by atoms with Gasteiger partial charge in [0.25, 0.3) is 5.91 Å². The smallest absolute Gasteiger partial charge is 0.263 e. The van der Waals surface area contributed by atoms with Gasteiger partial charge in [0.05, 0.1) is 18.3 Å². The third kappa shape index (κ3) is 3.38. The summed E-state index contributed by atoms with van der Waals surface area (Å²) in [6, 6.07) is 7.51. The number of rotatable bonds is 4. The molecule has 0 spiro atoms. The van der Waals surface area contributed by atoms with Crippen molar-refractivity contribution in [2.24, 2.45) is 5.92 Å². The van der Waals surface area contributed by atoms with Gasteiger partial charge >= 0.3 is 0 Å². The molecule has 2 rings (SSSR count). The minimum atomic E-state index is -0.561.